The molecule has 0 rings (SSSR count). The summed E-state index contributed by atoms with van der Waals surface area (Å²) >= 11 is 0. The topological polar surface area (TPSA) is 67.8 Å². The summed E-state index contributed by atoms with van der Waals surface area (Å²) in [5.41, 5.74) is 0. The molecule has 0 bridgehead atoms. The number of hydrogen-bond acceptors (Lipinski definition) is 5. The highest BCUT2D eigenvalue weighted by molar-refractivity contribution is 7.54. The van der Waals surface area contributed by atoms with Gasteiger partial charge in [-0.2, -0.15) is 4.52 Å². The molecule has 0 fully saturated rings. The fourth-order valence-electron chi connectivity index (χ4n) is 1.03. The highest BCUT2D eigenvalue weighted by atomic mass is 31.2. The third-order valence-corrected chi connectivity index (χ3v) is 4.47. The zero-order valence-electron chi connectivity index (χ0n) is 10.5. The lowest BCUT2D eigenvalue weighted by molar-refractivity contribution is -0.171. The molecular formula is C10H20O5P2. The van der Waals surface area contributed by atoms with Gasteiger partial charge in [0.25, 0.3) is 0 Å². The van der Waals surface area contributed by atoms with Gasteiger partial charge in [0.15, 0.2) is 0 Å². The fourth-order valence-corrected chi connectivity index (χ4v) is 3.08. The van der Waals surface area contributed by atoms with Gasteiger partial charge in [-0.1, -0.05) is 6.08 Å². The Balaban J connectivity index is 4.26. The van der Waals surface area contributed by atoms with E-state index in [0.29, 0.717) is 19.8 Å². The summed E-state index contributed by atoms with van der Waals surface area (Å²) < 4.78 is 27.0. The van der Waals surface area contributed by atoms with Gasteiger partial charge in [-0.25, -0.2) is 0 Å². The van der Waals surface area contributed by atoms with Crippen LogP contribution in [0.2, 0.25) is 0 Å². The summed E-state index contributed by atoms with van der Waals surface area (Å²) in [6.07, 6.45) is 3.33. The molecule has 0 aromatic rings. The van der Waals surface area contributed by atoms with Crippen LogP contribution in [0.1, 0.15) is 20.8 Å². The summed E-state index contributed by atoms with van der Waals surface area (Å²) in [5, 5.41) is 0. The molecule has 0 aliphatic heterocycles. The Labute approximate surface area is 104 Å². The van der Waals surface area contributed by atoms with Crippen molar-refractivity contribution in [3.63, 3.8) is 0 Å². The fraction of sp³-hybridized carbons (Fsp3) is 0.700. The molecule has 1 atom stereocenters. The van der Waals surface area contributed by atoms with Crippen LogP contribution in [0.5, 0.6) is 0 Å². The van der Waals surface area contributed by atoms with E-state index >= 15 is 0 Å². The van der Waals surface area contributed by atoms with Gasteiger partial charge < -0.3 is 13.9 Å². The average Bonchev–Trinajstić information content (AvgIpc) is 2.26. The lowest BCUT2D eigenvalue weighted by Gasteiger charge is -2.14. The maximum absolute atomic E-state index is 12.0. The second kappa shape index (κ2) is 9.95. The van der Waals surface area contributed by atoms with Crippen molar-refractivity contribution < 1.29 is 23.0 Å². The number of hydrogen-bond donors (Lipinski definition) is 0. The molecular weight excluding hydrogens is 262 g/mol. The van der Waals surface area contributed by atoms with E-state index in [2.05, 4.69) is 0 Å². The van der Waals surface area contributed by atoms with Crippen LogP contribution in [0.3, 0.4) is 0 Å². The molecule has 0 amide bonds. The molecule has 0 aliphatic rings. The molecule has 0 heterocycles. The molecule has 0 aromatic heterocycles. The largest absolute Gasteiger partial charge is 0.603 e. The highest BCUT2D eigenvalue weighted by Crippen LogP contribution is 2.47. The molecule has 0 radical (unpaired) electrons. The van der Waals surface area contributed by atoms with Gasteiger partial charge in [-0.05, 0) is 26.8 Å². The Morgan fingerprint density at radius 3 is 2.24 bits per heavy atom. The van der Waals surface area contributed by atoms with E-state index in [1.54, 1.807) is 32.9 Å². The van der Waals surface area contributed by atoms with Crippen LogP contribution in [0.15, 0.2) is 12.2 Å². The molecule has 5 nitrogen and oxygen atoms in total. The van der Waals surface area contributed by atoms with E-state index in [-0.39, 0.29) is 6.16 Å². The van der Waals surface area contributed by atoms with Crippen LogP contribution in [0.25, 0.3) is 0 Å². The van der Waals surface area contributed by atoms with Crippen molar-refractivity contribution in [1.29, 1.82) is 0 Å². The summed E-state index contributed by atoms with van der Waals surface area (Å²) in [5.74, 6) is 1.42. The summed E-state index contributed by atoms with van der Waals surface area (Å²) in [7, 11) is -4.81. The van der Waals surface area contributed by atoms with Gasteiger partial charge in [-0.3, -0.25) is 4.57 Å². The molecule has 100 valence electrons. The van der Waals surface area contributed by atoms with E-state index in [1.165, 1.54) is 5.80 Å². The Morgan fingerprint density at radius 1 is 1.18 bits per heavy atom. The Bertz CT molecular complexity index is 291. The Kier molecular flexibility index (Phi) is 9.94. The van der Waals surface area contributed by atoms with Gasteiger partial charge >= 0.3 is 7.60 Å². The first-order valence-electron chi connectivity index (χ1n) is 5.55. The first-order valence-corrected chi connectivity index (χ1v) is 8.52. The smallest absolute Gasteiger partial charge is 0.334 e. The van der Waals surface area contributed by atoms with Crippen molar-refractivity contribution in [3.05, 3.63) is 12.2 Å². The quantitative estimate of drug-likeness (QED) is 0.607. The number of rotatable bonds is 9. The third kappa shape index (κ3) is 8.67. The predicted molar refractivity (Wildman–Crippen MR) is 69.5 cm³/mol. The zero-order chi connectivity index (χ0) is 13.1. The van der Waals surface area contributed by atoms with Crippen molar-refractivity contribution in [3.8, 4) is 0 Å². The SMILES string of the molecule is CCO/[P+]([O-])=C/C=C/CP(=O)(OCC)OCC. The van der Waals surface area contributed by atoms with Gasteiger partial charge in [0.1, 0.15) is 5.80 Å². The zero-order valence-corrected chi connectivity index (χ0v) is 12.3. The van der Waals surface area contributed by atoms with E-state index in [9.17, 15) is 9.46 Å². The second-order valence-corrected chi connectivity index (χ2v) is 6.14. The summed E-state index contributed by atoms with van der Waals surface area (Å²) in [6.45, 7) is 6.35. The maximum Gasteiger partial charge on any atom is 0.334 e. The molecule has 7 heteroatoms. The average molecular weight is 282 g/mol. The van der Waals surface area contributed by atoms with E-state index < -0.39 is 15.6 Å². The highest BCUT2D eigenvalue weighted by Gasteiger charge is 2.20. The van der Waals surface area contributed by atoms with Crippen LogP contribution < -0.4 is 4.89 Å². The van der Waals surface area contributed by atoms with Gasteiger partial charge in [0.05, 0.1) is 26.0 Å². The first-order chi connectivity index (χ1) is 8.08. The van der Waals surface area contributed by atoms with Crippen LogP contribution in [-0.2, 0) is 18.1 Å². The Hall–Kier alpha value is -0.0200. The van der Waals surface area contributed by atoms with Gasteiger partial charge in [0, 0.05) is 0 Å². The van der Waals surface area contributed by atoms with Crippen LogP contribution in [0.4, 0.5) is 0 Å². The molecule has 0 N–H and O–H groups in total. The second-order valence-electron chi connectivity index (χ2n) is 2.91. The van der Waals surface area contributed by atoms with Crippen LogP contribution >= 0.6 is 15.6 Å². The van der Waals surface area contributed by atoms with Gasteiger partial charge in [0.2, 0.25) is 8.00 Å². The van der Waals surface area contributed by atoms with Crippen molar-refractivity contribution >= 4 is 21.4 Å². The van der Waals surface area contributed by atoms with E-state index in [4.69, 9.17) is 13.6 Å². The molecule has 0 spiro atoms. The van der Waals surface area contributed by atoms with Crippen molar-refractivity contribution in [2.45, 2.75) is 20.8 Å². The van der Waals surface area contributed by atoms with Crippen molar-refractivity contribution in [2.75, 3.05) is 26.0 Å². The molecule has 0 saturated carbocycles. The lowest BCUT2D eigenvalue weighted by Crippen LogP contribution is -1.98. The van der Waals surface area contributed by atoms with Crippen molar-refractivity contribution in [1.82, 2.24) is 0 Å². The minimum atomic E-state index is -3.04. The standard InChI is InChI=1S/C10H20O5P2/c1-4-13-16(11)9-7-8-10-17(12,14-5-2)15-6-3/h7-9H,4-6,10H2,1-3H3/b8-7+. The molecule has 1 unspecified atom stereocenters. The molecule has 0 aliphatic carbocycles. The summed E-state index contributed by atoms with van der Waals surface area (Å²) in [4.78, 5) is 11.1. The third-order valence-electron chi connectivity index (χ3n) is 1.58. The van der Waals surface area contributed by atoms with Crippen LogP contribution in [-0.4, -0.2) is 31.8 Å². The molecule has 0 aromatic carbocycles. The molecule has 17 heavy (non-hydrogen) atoms. The molecule has 0 saturated heterocycles. The predicted octanol–water partition coefficient (Wildman–Crippen LogP) is 2.32. The van der Waals surface area contributed by atoms with Crippen LogP contribution in [0, 0.1) is 0 Å². The monoisotopic (exact) mass is 282 g/mol. The minimum Gasteiger partial charge on any atom is -0.603 e. The minimum absolute atomic E-state index is 0.167. The lowest BCUT2D eigenvalue weighted by atomic mass is 10.6. The normalized spacial score (nSPS) is 13.5. The van der Waals surface area contributed by atoms with E-state index in [0.717, 1.165) is 0 Å². The Morgan fingerprint density at radius 2 is 1.76 bits per heavy atom. The maximum atomic E-state index is 12.0. The van der Waals surface area contributed by atoms with Gasteiger partial charge in [-0.15, -0.1) is 0 Å². The van der Waals surface area contributed by atoms with Crippen molar-refractivity contribution in [2.24, 2.45) is 0 Å². The number of allylic oxidation sites excluding steroid dienone is 2. The summed E-state index contributed by atoms with van der Waals surface area (Å²) in [6, 6.07) is 0. The first kappa shape index (κ1) is 17.0. The van der Waals surface area contributed by atoms with E-state index in [1.807, 2.05) is 0 Å².